The maximum Gasteiger partial charge on any atom is 0.333 e. The van der Waals surface area contributed by atoms with Crippen molar-refractivity contribution in [1.82, 2.24) is 0 Å². The molecule has 0 aromatic heterocycles. The van der Waals surface area contributed by atoms with Gasteiger partial charge in [0.1, 0.15) is 87.0 Å². The number of rotatable bonds is 18. The molecule has 4 rings (SSSR count). The van der Waals surface area contributed by atoms with Gasteiger partial charge in [-0.05, 0) is 20.8 Å². The topological polar surface area (TPSA) is 224 Å². The molecule has 17 heteroatoms. The quantitative estimate of drug-likeness (QED) is 0.0721. The Hall–Kier alpha value is -2.81. The zero-order valence-electron chi connectivity index (χ0n) is 28.6. The van der Waals surface area contributed by atoms with Crippen LogP contribution in [0, 0.1) is 0 Å². The van der Waals surface area contributed by atoms with Gasteiger partial charge in [-0.15, -0.1) is 0 Å². The molecule has 0 aromatic rings. The van der Waals surface area contributed by atoms with Gasteiger partial charge in [0.25, 0.3) is 0 Å². The fraction of sp³-hybridized carbons (Fsp3) is 0.727. The standard InChI is InChI=1S/C20H30O10.C13H20O7/c1-11(2)19(23)29-7-13(21)5-25-15-9-27-18-16(10-28-17(15)18)26-6-14(22)8-30-20(24)12(3)4;1-7(2)13(16)20-4-8(14)3-17-10-6-19-11-9(15)5-18-12(10)11/h13-18,21-22H,1,3,5-10H2,2,4H3;8-12,14-15H,1,3-6H2,2H3. The second-order valence-electron chi connectivity index (χ2n) is 12.5. The summed E-state index contributed by atoms with van der Waals surface area (Å²) in [5.41, 5.74) is 0.776. The third-order valence-corrected chi connectivity index (χ3v) is 7.72. The van der Waals surface area contributed by atoms with Crippen LogP contribution in [0.2, 0.25) is 0 Å². The smallest absolute Gasteiger partial charge is 0.333 e. The van der Waals surface area contributed by atoms with Gasteiger partial charge in [-0.3, -0.25) is 0 Å². The van der Waals surface area contributed by atoms with Crippen molar-refractivity contribution >= 4 is 17.9 Å². The number of carbonyl (C=O) groups is 3. The van der Waals surface area contributed by atoms with Crippen LogP contribution >= 0.6 is 0 Å². The molecule has 50 heavy (non-hydrogen) atoms. The van der Waals surface area contributed by atoms with Gasteiger partial charge in [0, 0.05) is 16.7 Å². The van der Waals surface area contributed by atoms with Crippen LogP contribution in [0.3, 0.4) is 0 Å². The largest absolute Gasteiger partial charge is 0.460 e. The molecule has 11 atom stereocenters. The van der Waals surface area contributed by atoms with E-state index in [1.807, 2.05) is 0 Å². The average molecular weight is 719 g/mol. The van der Waals surface area contributed by atoms with Crippen molar-refractivity contribution in [2.75, 3.05) is 66.1 Å². The predicted octanol–water partition coefficient (Wildman–Crippen LogP) is -1.47. The van der Waals surface area contributed by atoms with Crippen molar-refractivity contribution in [2.45, 2.75) is 87.9 Å². The molecule has 4 aliphatic heterocycles. The molecule has 0 saturated carbocycles. The van der Waals surface area contributed by atoms with Crippen LogP contribution in [-0.4, -0.2) is 172 Å². The summed E-state index contributed by atoms with van der Waals surface area (Å²) in [5.74, 6) is -1.70. The first-order valence-corrected chi connectivity index (χ1v) is 16.2. The monoisotopic (exact) mass is 718 g/mol. The summed E-state index contributed by atoms with van der Waals surface area (Å²) in [4.78, 5) is 33.8. The summed E-state index contributed by atoms with van der Waals surface area (Å²) in [6.07, 6.45) is -6.10. The zero-order valence-corrected chi connectivity index (χ0v) is 28.6. The molecule has 4 heterocycles. The third-order valence-electron chi connectivity index (χ3n) is 7.72. The first-order chi connectivity index (χ1) is 23.7. The number of ether oxygens (including phenoxy) is 10. The second-order valence-corrected chi connectivity index (χ2v) is 12.5. The Balaban J connectivity index is 0.000000292. The number of aliphatic hydroxyl groups is 4. The number of esters is 3. The van der Waals surface area contributed by atoms with E-state index in [-0.39, 0.29) is 107 Å². The zero-order chi connectivity index (χ0) is 37.0. The minimum absolute atomic E-state index is 0.000171. The van der Waals surface area contributed by atoms with E-state index in [9.17, 15) is 34.8 Å². The van der Waals surface area contributed by atoms with Gasteiger partial charge in [0.2, 0.25) is 0 Å². The fourth-order valence-corrected chi connectivity index (χ4v) is 5.04. The molecular formula is C33H50O17. The maximum atomic E-state index is 11.3. The summed E-state index contributed by atoms with van der Waals surface area (Å²) >= 11 is 0. The van der Waals surface area contributed by atoms with Crippen LogP contribution in [-0.2, 0) is 61.8 Å². The number of aliphatic hydroxyl groups excluding tert-OH is 4. The Labute approximate surface area is 290 Å². The summed E-state index contributed by atoms with van der Waals surface area (Å²) in [7, 11) is 0. The molecule has 0 aliphatic carbocycles. The Morgan fingerprint density at radius 2 is 0.820 bits per heavy atom. The molecular weight excluding hydrogens is 668 g/mol. The highest BCUT2D eigenvalue weighted by Gasteiger charge is 2.49. The lowest BCUT2D eigenvalue weighted by Crippen LogP contribution is -2.37. The molecule has 0 radical (unpaired) electrons. The fourth-order valence-electron chi connectivity index (χ4n) is 5.04. The molecule has 0 bridgehead atoms. The van der Waals surface area contributed by atoms with Crippen molar-refractivity contribution in [3.05, 3.63) is 36.5 Å². The molecule has 0 amide bonds. The van der Waals surface area contributed by atoms with Gasteiger partial charge < -0.3 is 67.8 Å². The number of hydrogen-bond acceptors (Lipinski definition) is 17. The Kier molecular flexibility index (Phi) is 16.9. The lowest BCUT2D eigenvalue weighted by molar-refractivity contribution is -0.145. The minimum Gasteiger partial charge on any atom is -0.460 e. The van der Waals surface area contributed by atoms with Gasteiger partial charge in [-0.2, -0.15) is 0 Å². The van der Waals surface area contributed by atoms with Crippen molar-refractivity contribution < 1.29 is 82.2 Å². The Bertz CT molecular complexity index is 1120. The van der Waals surface area contributed by atoms with E-state index in [4.69, 9.17) is 47.4 Å². The lowest BCUT2D eigenvalue weighted by atomic mass is 10.1. The molecule has 0 spiro atoms. The summed E-state index contributed by atoms with van der Waals surface area (Å²) in [5, 5.41) is 39.0. The van der Waals surface area contributed by atoms with Crippen molar-refractivity contribution in [1.29, 1.82) is 0 Å². The van der Waals surface area contributed by atoms with E-state index in [2.05, 4.69) is 19.7 Å². The van der Waals surface area contributed by atoms with Crippen LogP contribution in [0.25, 0.3) is 0 Å². The highest BCUT2D eigenvalue weighted by atomic mass is 16.7. The molecule has 0 aromatic carbocycles. The summed E-state index contributed by atoms with van der Waals surface area (Å²) in [6, 6.07) is 0. The number of fused-ring (bicyclic) bond motifs is 2. The van der Waals surface area contributed by atoms with E-state index in [0.717, 1.165) is 0 Å². The van der Waals surface area contributed by atoms with E-state index < -0.39 is 54.5 Å². The number of hydrogen-bond donors (Lipinski definition) is 4. The van der Waals surface area contributed by atoms with Crippen molar-refractivity contribution in [3.8, 4) is 0 Å². The predicted molar refractivity (Wildman–Crippen MR) is 170 cm³/mol. The van der Waals surface area contributed by atoms with E-state index >= 15 is 0 Å². The molecule has 4 saturated heterocycles. The van der Waals surface area contributed by atoms with Crippen LogP contribution in [0.5, 0.6) is 0 Å². The van der Waals surface area contributed by atoms with E-state index in [0.29, 0.717) is 6.61 Å². The van der Waals surface area contributed by atoms with Gasteiger partial charge >= 0.3 is 17.9 Å². The minimum atomic E-state index is -0.988. The number of carbonyl (C=O) groups excluding carboxylic acids is 3. The second kappa shape index (κ2) is 20.3. The Morgan fingerprint density at radius 3 is 1.14 bits per heavy atom. The first kappa shape index (κ1) is 41.6. The summed E-state index contributed by atoms with van der Waals surface area (Å²) < 4.78 is 53.5. The first-order valence-electron chi connectivity index (χ1n) is 16.2. The van der Waals surface area contributed by atoms with Gasteiger partial charge in [0.15, 0.2) is 0 Å². The third kappa shape index (κ3) is 12.8. The van der Waals surface area contributed by atoms with Crippen LogP contribution in [0.4, 0.5) is 0 Å². The molecule has 11 unspecified atom stereocenters. The highest BCUT2D eigenvalue weighted by Crippen LogP contribution is 2.31. The highest BCUT2D eigenvalue weighted by molar-refractivity contribution is 5.87. The maximum absolute atomic E-state index is 11.3. The van der Waals surface area contributed by atoms with Gasteiger partial charge in [0.05, 0.1) is 46.2 Å². The van der Waals surface area contributed by atoms with Crippen LogP contribution in [0.15, 0.2) is 36.5 Å². The van der Waals surface area contributed by atoms with E-state index in [1.54, 1.807) is 0 Å². The van der Waals surface area contributed by atoms with E-state index in [1.165, 1.54) is 20.8 Å². The molecule has 4 fully saturated rings. The van der Waals surface area contributed by atoms with Gasteiger partial charge in [-0.25, -0.2) is 14.4 Å². The normalized spacial score (nSPS) is 29.8. The van der Waals surface area contributed by atoms with Crippen LogP contribution in [0.1, 0.15) is 20.8 Å². The summed E-state index contributed by atoms with van der Waals surface area (Å²) in [6.45, 7) is 15.3. The molecule has 284 valence electrons. The molecule has 4 aliphatic rings. The van der Waals surface area contributed by atoms with Crippen LogP contribution < -0.4 is 0 Å². The Morgan fingerprint density at radius 1 is 0.540 bits per heavy atom. The molecule has 4 N–H and O–H groups in total. The van der Waals surface area contributed by atoms with Crippen molar-refractivity contribution in [3.63, 3.8) is 0 Å². The molecule has 17 nitrogen and oxygen atoms in total. The SMILES string of the molecule is C=C(C)C(=O)OCC(O)COC1COC2C(O)COC12.C=C(C)C(=O)OCC(O)COC1COC2C(OCC(O)COC(=O)C(=C)C)COC12. The lowest BCUT2D eigenvalue weighted by Gasteiger charge is -2.19. The average Bonchev–Trinajstić information content (AvgIpc) is 3.86. The van der Waals surface area contributed by atoms with Crippen molar-refractivity contribution in [2.24, 2.45) is 0 Å². The van der Waals surface area contributed by atoms with Gasteiger partial charge in [-0.1, -0.05) is 19.7 Å².